The summed E-state index contributed by atoms with van der Waals surface area (Å²) < 4.78 is 0. The van der Waals surface area contributed by atoms with E-state index in [0.29, 0.717) is 16.4 Å². The third-order valence-electron chi connectivity index (χ3n) is 6.43. The van der Waals surface area contributed by atoms with E-state index in [0.717, 1.165) is 12.0 Å². The van der Waals surface area contributed by atoms with Gasteiger partial charge in [-0.2, -0.15) is 0 Å². The summed E-state index contributed by atoms with van der Waals surface area (Å²) in [5, 5.41) is 0. The predicted molar refractivity (Wildman–Crippen MR) is 68.4 cm³/mol. The number of likely N-dealkylation sites (tertiary alicyclic amines) is 1. The van der Waals surface area contributed by atoms with Gasteiger partial charge in [0, 0.05) is 11.6 Å². The molecule has 16 heavy (non-hydrogen) atoms. The van der Waals surface area contributed by atoms with Crippen LogP contribution in [-0.2, 0) is 0 Å². The molecule has 0 aromatic rings. The molecule has 1 aliphatic heterocycles. The zero-order chi connectivity index (χ0) is 11.8. The van der Waals surface area contributed by atoms with Crippen LogP contribution in [0.25, 0.3) is 0 Å². The Hall–Kier alpha value is -0.0400. The topological polar surface area (TPSA) is 3.24 Å². The number of fused-ring (bicyclic) bond motifs is 1. The van der Waals surface area contributed by atoms with E-state index in [1.54, 1.807) is 0 Å². The highest BCUT2D eigenvalue weighted by Gasteiger charge is 2.67. The van der Waals surface area contributed by atoms with Crippen LogP contribution < -0.4 is 0 Å². The van der Waals surface area contributed by atoms with Crippen molar-refractivity contribution < 1.29 is 0 Å². The lowest BCUT2D eigenvalue weighted by molar-refractivity contribution is 0.0571. The molecule has 3 rings (SSSR count). The van der Waals surface area contributed by atoms with Gasteiger partial charge in [0.05, 0.1) is 0 Å². The van der Waals surface area contributed by atoms with Gasteiger partial charge in [-0.25, -0.2) is 0 Å². The van der Waals surface area contributed by atoms with Crippen molar-refractivity contribution in [1.29, 1.82) is 0 Å². The Kier molecular flexibility index (Phi) is 1.98. The van der Waals surface area contributed by atoms with Crippen LogP contribution in [0.2, 0.25) is 0 Å². The summed E-state index contributed by atoms with van der Waals surface area (Å²) in [5.41, 5.74) is 1.65. The summed E-state index contributed by atoms with van der Waals surface area (Å²) in [6, 6.07) is 0.890. The van der Waals surface area contributed by atoms with Gasteiger partial charge in [0.25, 0.3) is 0 Å². The van der Waals surface area contributed by atoms with Crippen molar-refractivity contribution in [1.82, 2.24) is 4.90 Å². The summed E-state index contributed by atoms with van der Waals surface area (Å²) in [5.74, 6) is 1.00. The maximum Gasteiger partial charge on any atom is 0.0165 e. The van der Waals surface area contributed by atoms with Gasteiger partial charge in [-0.15, -0.1) is 0 Å². The van der Waals surface area contributed by atoms with Gasteiger partial charge in [0.2, 0.25) is 0 Å². The molecule has 0 radical (unpaired) electrons. The van der Waals surface area contributed by atoms with E-state index < -0.39 is 0 Å². The zero-order valence-electron chi connectivity index (χ0n) is 11.6. The molecule has 0 N–H and O–H groups in total. The quantitative estimate of drug-likeness (QED) is 0.603. The fraction of sp³-hybridized carbons (Fsp3) is 1.00. The van der Waals surface area contributed by atoms with Gasteiger partial charge in [-0.3, -0.25) is 4.90 Å². The normalized spacial score (nSPS) is 46.3. The predicted octanol–water partition coefficient (Wildman–Crippen LogP) is 3.69. The van der Waals surface area contributed by atoms with Crippen LogP contribution >= 0.6 is 0 Å². The Morgan fingerprint density at radius 1 is 1.12 bits per heavy atom. The summed E-state index contributed by atoms with van der Waals surface area (Å²) >= 11 is 0. The van der Waals surface area contributed by atoms with Gasteiger partial charge in [0.1, 0.15) is 0 Å². The minimum atomic E-state index is 0.370. The fourth-order valence-electron chi connectivity index (χ4n) is 5.34. The SMILES string of the molecule is CC(C)(C)N1CC[C@@]23CCC(CC12)C3(C)C. The molecule has 1 heterocycles. The second-order valence-corrected chi connectivity index (χ2v) is 7.98. The molecule has 2 saturated carbocycles. The molecule has 1 saturated heterocycles. The lowest BCUT2D eigenvalue weighted by Gasteiger charge is -2.43. The number of nitrogens with zero attached hydrogens (tertiary/aromatic N) is 1. The van der Waals surface area contributed by atoms with Crippen molar-refractivity contribution in [3.8, 4) is 0 Å². The fourth-order valence-corrected chi connectivity index (χ4v) is 5.34. The van der Waals surface area contributed by atoms with E-state index >= 15 is 0 Å². The standard InChI is InChI=1S/C15H27N/c1-13(2,3)16-9-8-15-7-6-11(10-12(15)16)14(15,4)5/h11-12H,6-10H2,1-5H3/t11?,12?,15-/m0/s1. The number of hydrogen-bond acceptors (Lipinski definition) is 1. The number of hydrogen-bond donors (Lipinski definition) is 0. The minimum absolute atomic E-state index is 0.370. The summed E-state index contributed by atoms with van der Waals surface area (Å²) in [7, 11) is 0. The minimum Gasteiger partial charge on any atom is -0.295 e. The molecule has 92 valence electrons. The summed E-state index contributed by atoms with van der Waals surface area (Å²) in [6.07, 6.45) is 5.94. The van der Waals surface area contributed by atoms with Crippen molar-refractivity contribution in [2.75, 3.05) is 6.54 Å². The summed E-state index contributed by atoms with van der Waals surface area (Å²) in [6.45, 7) is 13.6. The van der Waals surface area contributed by atoms with E-state index in [4.69, 9.17) is 0 Å². The first-order valence-corrected chi connectivity index (χ1v) is 7.06. The number of rotatable bonds is 0. The average molecular weight is 221 g/mol. The smallest absolute Gasteiger partial charge is 0.0165 e. The molecule has 3 fully saturated rings. The molecule has 3 aliphatic rings. The second-order valence-electron chi connectivity index (χ2n) is 7.98. The van der Waals surface area contributed by atoms with Crippen molar-refractivity contribution >= 4 is 0 Å². The highest BCUT2D eigenvalue weighted by molar-refractivity contribution is 5.19. The third kappa shape index (κ3) is 1.06. The average Bonchev–Trinajstić information content (AvgIpc) is 2.70. The van der Waals surface area contributed by atoms with E-state index in [-0.39, 0.29) is 0 Å². The lowest BCUT2D eigenvalue weighted by Crippen LogP contribution is -2.48. The van der Waals surface area contributed by atoms with E-state index in [1.165, 1.54) is 32.2 Å². The Labute approximate surface area is 101 Å². The van der Waals surface area contributed by atoms with Gasteiger partial charge in [0.15, 0.2) is 0 Å². The Balaban J connectivity index is 1.98. The summed E-state index contributed by atoms with van der Waals surface area (Å²) in [4.78, 5) is 2.81. The van der Waals surface area contributed by atoms with Crippen LogP contribution in [-0.4, -0.2) is 23.0 Å². The monoisotopic (exact) mass is 221 g/mol. The molecule has 0 aromatic heterocycles. The lowest BCUT2D eigenvalue weighted by atomic mass is 9.67. The molecule has 2 aliphatic carbocycles. The van der Waals surface area contributed by atoms with E-state index in [9.17, 15) is 0 Å². The van der Waals surface area contributed by atoms with E-state index in [2.05, 4.69) is 39.5 Å². The van der Waals surface area contributed by atoms with E-state index in [1.807, 2.05) is 0 Å². The molecule has 1 heteroatoms. The molecule has 2 bridgehead atoms. The van der Waals surface area contributed by atoms with Crippen molar-refractivity contribution in [3.05, 3.63) is 0 Å². The maximum absolute atomic E-state index is 2.81. The maximum atomic E-state index is 2.81. The van der Waals surface area contributed by atoms with Gasteiger partial charge < -0.3 is 0 Å². The third-order valence-corrected chi connectivity index (χ3v) is 6.43. The second kappa shape index (κ2) is 2.85. The van der Waals surface area contributed by atoms with Crippen LogP contribution in [0.15, 0.2) is 0 Å². The van der Waals surface area contributed by atoms with Crippen LogP contribution in [0, 0.1) is 16.7 Å². The van der Waals surface area contributed by atoms with Gasteiger partial charge in [-0.05, 0) is 69.7 Å². The van der Waals surface area contributed by atoms with Crippen LogP contribution in [0.5, 0.6) is 0 Å². The Morgan fingerprint density at radius 2 is 1.81 bits per heavy atom. The molecule has 1 nitrogen and oxygen atoms in total. The van der Waals surface area contributed by atoms with Crippen molar-refractivity contribution in [3.63, 3.8) is 0 Å². The molecule has 0 amide bonds. The molecular formula is C15H27N. The van der Waals surface area contributed by atoms with Crippen molar-refractivity contribution in [2.45, 2.75) is 71.9 Å². The Morgan fingerprint density at radius 3 is 2.38 bits per heavy atom. The first kappa shape index (κ1) is 11.1. The Bertz CT molecular complexity index is 312. The highest BCUT2D eigenvalue weighted by atomic mass is 15.3. The first-order valence-electron chi connectivity index (χ1n) is 7.06. The largest absolute Gasteiger partial charge is 0.295 e. The molecule has 1 spiro atoms. The zero-order valence-corrected chi connectivity index (χ0v) is 11.6. The molecule has 2 unspecified atom stereocenters. The van der Waals surface area contributed by atoms with Crippen molar-refractivity contribution in [2.24, 2.45) is 16.7 Å². The molecular weight excluding hydrogens is 194 g/mol. The van der Waals surface area contributed by atoms with Crippen LogP contribution in [0.3, 0.4) is 0 Å². The molecule has 3 atom stereocenters. The van der Waals surface area contributed by atoms with Crippen LogP contribution in [0.4, 0.5) is 0 Å². The first-order chi connectivity index (χ1) is 7.29. The van der Waals surface area contributed by atoms with Gasteiger partial charge in [-0.1, -0.05) is 13.8 Å². The van der Waals surface area contributed by atoms with Gasteiger partial charge >= 0.3 is 0 Å². The van der Waals surface area contributed by atoms with Crippen LogP contribution in [0.1, 0.15) is 60.3 Å². The highest BCUT2D eigenvalue weighted by Crippen LogP contribution is 2.70. The molecule has 0 aromatic carbocycles.